The molecule has 1 aliphatic carbocycles. The summed E-state index contributed by atoms with van der Waals surface area (Å²) in [4.78, 5) is 11.2. The van der Waals surface area contributed by atoms with Crippen molar-refractivity contribution in [3.8, 4) is 0 Å². The van der Waals surface area contributed by atoms with Gasteiger partial charge in [-0.2, -0.15) is 0 Å². The minimum atomic E-state index is -0.322. The van der Waals surface area contributed by atoms with Gasteiger partial charge in [-0.05, 0) is 44.3 Å². The molecule has 18 heavy (non-hydrogen) atoms. The summed E-state index contributed by atoms with van der Waals surface area (Å²) in [6, 6.07) is 0.442. The Labute approximate surface area is 109 Å². The van der Waals surface area contributed by atoms with Crippen molar-refractivity contribution in [1.82, 2.24) is 5.32 Å². The van der Waals surface area contributed by atoms with E-state index in [2.05, 4.69) is 16.6 Å². The lowest BCUT2D eigenvalue weighted by Crippen LogP contribution is -2.35. The van der Waals surface area contributed by atoms with E-state index in [0.717, 1.165) is 31.3 Å². The molecule has 0 aromatic heterocycles. The molecular formula is C14H23NO3. The molecule has 1 saturated carbocycles. The predicted octanol–water partition coefficient (Wildman–Crippen LogP) is 1.55. The van der Waals surface area contributed by atoms with Gasteiger partial charge in [0.1, 0.15) is 0 Å². The SMILES string of the molecule is C=C(/C=C(\C)C(=O)OC)CNC1CCC(O)CC1. The average Bonchev–Trinajstić information content (AvgIpc) is 2.37. The molecule has 4 nitrogen and oxygen atoms in total. The summed E-state index contributed by atoms with van der Waals surface area (Å²) in [5.74, 6) is -0.322. The monoisotopic (exact) mass is 253 g/mol. The predicted molar refractivity (Wildman–Crippen MR) is 71.2 cm³/mol. The van der Waals surface area contributed by atoms with Gasteiger partial charge in [-0.15, -0.1) is 0 Å². The average molecular weight is 253 g/mol. The third-order valence-corrected chi connectivity index (χ3v) is 3.24. The van der Waals surface area contributed by atoms with Gasteiger partial charge in [-0.25, -0.2) is 4.79 Å². The summed E-state index contributed by atoms with van der Waals surface area (Å²) in [6.45, 7) is 6.29. The van der Waals surface area contributed by atoms with Crippen molar-refractivity contribution < 1.29 is 14.6 Å². The molecule has 1 fully saturated rings. The quantitative estimate of drug-likeness (QED) is 0.443. The number of nitrogens with one attached hydrogen (secondary N) is 1. The Morgan fingerprint density at radius 3 is 2.61 bits per heavy atom. The molecule has 1 aliphatic rings. The molecule has 102 valence electrons. The fraction of sp³-hybridized carbons (Fsp3) is 0.643. The van der Waals surface area contributed by atoms with Crippen LogP contribution in [0.3, 0.4) is 0 Å². The fourth-order valence-corrected chi connectivity index (χ4v) is 2.13. The maximum atomic E-state index is 11.2. The van der Waals surface area contributed by atoms with Crippen LogP contribution in [0.2, 0.25) is 0 Å². The number of aliphatic hydroxyl groups is 1. The van der Waals surface area contributed by atoms with E-state index in [1.54, 1.807) is 13.0 Å². The van der Waals surface area contributed by atoms with Gasteiger partial charge >= 0.3 is 5.97 Å². The van der Waals surface area contributed by atoms with Gasteiger partial charge in [0.05, 0.1) is 13.2 Å². The molecule has 0 aliphatic heterocycles. The van der Waals surface area contributed by atoms with Crippen molar-refractivity contribution in [3.05, 3.63) is 23.8 Å². The van der Waals surface area contributed by atoms with Gasteiger partial charge in [0.15, 0.2) is 0 Å². The lowest BCUT2D eigenvalue weighted by atomic mass is 9.93. The second-order valence-electron chi connectivity index (χ2n) is 4.86. The van der Waals surface area contributed by atoms with Gasteiger partial charge in [-0.1, -0.05) is 6.58 Å². The zero-order chi connectivity index (χ0) is 13.5. The van der Waals surface area contributed by atoms with E-state index in [0.29, 0.717) is 18.2 Å². The first-order valence-electron chi connectivity index (χ1n) is 6.38. The van der Waals surface area contributed by atoms with E-state index in [1.165, 1.54) is 7.11 Å². The summed E-state index contributed by atoms with van der Waals surface area (Å²) in [5, 5.41) is 12.8. The molecule has 0 aromatic rings. The topological polar surface area (TPSA) is 58.6 Å². The number of esters is 1. The normalized spacial score (nSPS) is 24.7. The first-order chi connectivity index (χ1) is 8.52. The largest absolute Gasteiger partial charge is 0.466 e. The Morgan fingerprint density at radius 1 is 1.44 bits per heavy atom. The highest BCUT2D eigenvalue weighted by Gasteiger charge is 2.18. The van der Waals surface area contributed by atoms with Crippen LogP contribution in [0, 0.1) is 0 Å². The van der Waals surface area contributed by atoms with Crippen molar-refractivity contribution in [1.29, 1.82) is 0 Å². The lowest BCUT2D eigenvalue weighted by Gasteiger charge is -2.26. The van der Waals surface area contributed by atoms with E-state index in [9.17, 15) is 9.90 Å². The van der Waals surface area contributed by atoms with Gasteiger partial charge in [0, 0.05) is 18.2 Å². The highest BCUT2D eigenvalue weighted by Crippen LogP contribution is 2.18. The standard InChI is InChI=1S/C14H23NO3/c1-10(8-11(2)14(17)18-3)9-15-12-4-6-13(16)7-5-12/h8,12-13,15-16H,1,4-7,9H2,2-3H3/b11-8+. The number of carbonyl (C=O) groups is 1. The second kappa shape index (κ2) is 7.34. The van der Waals surface area contributed by atoms with Crippen LogP contribution in [-0.4, -0.2) is 36.9 Å². The Morgan fingerprint density at radius 2 is 2.06 bits per heavy atom. The molecule has 0 saturated heterocycles. The van der Waals surface area contributed by atoms with Crippen molar-refractivity contribution in [2.75, 3.05) is 13.7 Å². The number of hydrogen-bond donors (Lipinski definition) is 2. The van der Waals surface area contributed by atoms with Crippen molar-refractivity contribution >= 4 is 5.97 Å². The van der Waals surface area contributed by atoms with E-state index < -0.39 is 0 Å². The number of rotatable bonds is 5. The Bertz CT molecular complexity index is 328. The second-order valence-corrected chi connectivity index (χ2v) is 4.86. The third-order valence-electron chi connectivity index (χ3n) is 3.24. The van der Waals surface area contributed by atoms with Crippen LogP contribution in [0.1, 0.15) is 32.6 Å². The van der Waals surface area contributed by atoms with Crippen LogP contribution in [0.5, 0.6) is 0 Å². The van der Waals surface area contributed by atoms with E-state index in [4.69, 9.17) is 0 Å². The van der Waals surface area contributed by atoms with Crippen molar-refractivity contribution in [3.63, 3.8) is 0 Å². The lowest BCUT2D eigenvalue weighted by molar-refractivity contribution is -0.136. The summed E-state index contributed by atoms with van der Waals surface area (Å²) in [6.07, 6.45) is 5.33. The van der Waals surface area contributed by atoms with Gasteiger partial charge in [0.25, 0.3) is 0 Å². The van der Waals surface area contributed by atoms with E-state index in [1.807, 2.05) is 0 Å². The number of ether oxygens (including phenoxy) is 1. The van der Waals surface area contributed by atoms with Crippen molar-refractivity contribution in [2.24, 2.45) is 0 Å². The number of aliphatic hydroxyl groups excluding tert-OH is 1. The summed E-state index contributed by atoms with van der Waals surface area (Å²) < 4.78 is 4.62. The first-order valence-corrected chi connectivity index (χ1v) is 6.38. The van der Waals surface area contributed by atoms with Crippen LogP contribution < -0.4 is 5.32 Å². The highest BCUT2D eigenvalue weighted by atomic mass is 16.5. The van der Waals surface area contributed by atoms with Crippen LogP contribution in [0.15, 0.2) is 23.8 Å². The molecular weight excluding hydrogens is 230 g/mol. The van der Waals surface area contributed by atoms with Crippen LogP contribution in [-0.2, 0) is 9.53 Å². The minimum absolute atomic E-state index is 0.132. The zero-order valence-electron chi connectivity index (χ0n) is 11.2. The minimum Gasteiger partial charge on any atom is -0.466 e. The zero-order valence-corrected chi connectivity index (χ0v) is 11.2. The van der Waals surface area contributed by atoms with Crippen LogP contribution in [0.4, 0.5) is 0 Å². The number of hydrogen-bond acceptors (Lipinski definition) is 4. The highest BCUT2D eigenvalue weighted by molar-refractivity contribution is 5.88. The molecule has 0 unspecified atom stereocenters. The number of carbonyl (C=O) groups excluding carboxylic acids is 1. The van der Waals surface area contributed by atoms with E-state index in [-0.39, 0.29) is 12.1 Å². The van der Waals surface area contributed by atoms with Crippen molar-refractivity contribution in [2.45, 2.75) is 44.8 Å². The number of methoxy groups -OCH3 is 1. The van der Waals surface area contributed by atoms with E-state index >= 15 is 0 Å². The summed E-state index contributed by atoms with van der Waals surface area (Å²) in [5.41, 5.74) is 1.42. The maximum absolute atomic E-state index is 11.2. The fourth-order valence-electron chi connectivity index (χ4n) is 2.13. The molecule has 2 N–H and O–H groups in total. The Balaban J connectivity index is 2.31. The molecule has 0 heterocycles. The molecule has 1 rings (SSSR count). The first kappa shape index (κ1) is 14.9. The molecule has 0 bridgehead atoms. The Hall–Kier alpha value is -1.13. The third kappa shape index (κ3) is 5.02. The molecule has 0 aromatic carbocycles. The Kier molecular flexibility index (Phi) is 6.09. The smallest absolute Gasteiger partial charge is 0.333 e. The van der Waals surface area contributed by atoms with Crippen LogP contribution in [0.25, 0.3) is 0 Å². The molecule has 0 amide bonds. The van der Waals surface area contributed by atoms with Crippen LogP contribution >= 0.6 is 0 Å². The summed E-state index contributed by atoms with van der Waals surface area (Å²) in [7, 11) is 1.37. The molecule has 4 heteroatoms. The summed E-state index contributed by atoms with van der Waals surface area (Å²) >= 11 is 0. The molecule has 0 atom stereocenters. The van der Waals surface area contributed by atoms with Gasteiger partial charge in [-0.3, -0.25) is 0 Å². The van der Waals surface area contributed by atoms with Gasteiger partial charge in [0.2, 0.25) is 0 Å². The van der Waals surface area contributed by atoms with Gasteiger partial charge < -0.3 is 15.2 Å². The maximum Gasteiger partial charge on any atom is 0.333 e. The molecule has 0 radical (unpaired) electrons. The molecule has 0 spiro atoms.